The molecule has 2 N–H and O–H groups in total. The maximum Gasteiger partial charge on any atom is 0.416 e. The first-order valence-electron chi connectivity index (χ1n) is 8.18. The van der Waals surface area contributed by atoms with Crippen molar-refractivity contribution >= 4 is 21.7 Å². The average Bonchev–Trinajstić information content (AvgIpc) is 3.20. The van der Waals surface area contributed by atoms with Crippen LogP contribution in [0.2, 0.25) is 0 Å². The minimum absolute atomic E-state index is 0.0323. The van der Waals surface area contributed by atoms with Gasteiger partial charge in [0.2, 0.25) is 0 Å². The van der Waals surface area contributed by atoms with Crippen LogP contribution < -0.4 is 9.46 Å². The smallest absolute Gasteiger partial charge is 0.416 e. The zero-order valence-corrected chi connectivity index (χ0v) is 16.0. The van der Waals surface area contributed by atoms with Crippen molar-refractivity contribution in [2.45, 2.75) is 11.1 Å². The summed E-state index contributed by atoms with van der Waals surface area (Å²) in [4.78, 5) is 10.7. The van der Waals surface area contributed by atoms with Gasteiger partial charge >= 0.3 is 12.1 Å². The quantitative estimate of drug-likeness (QED) is 0.607. The van der Waals surface area contributed by atoms with Gasteiger partial charge in [-0.1, -0.05) is 0 Å². The van der Waals surface area contributed by atoms with Crippen LogP contribution in [0.5, 0.6) is 5.75 Å². The zero-order chi connectivity index (χ0) is 22.1. The summed E-state index contributed by atoms with van der Waals surface area (Å²) in [5, 5.41) is 13.0. The van der Waals surface area contributed by atoms with E-state index in [-0.39, 0.29) is 17.0 Å². The molecule has 30 heavy (non-hydrogen) atoms. The topological polar surface area (TPSA) is 111 Å². The van der Waals surface area contributed by atoms with Gasteiger partial charge in [0.25, 0.3) is 10.0 Å². The number of nitrogens with zero attached hydrogens (tertiary/aromatic N) is 2. The van der Waals surface area contributed by atoms with Gasteiger partial charge in [0.1, 0.15) is 10.6 Å². The third-order valence-electron chi connectivity index (χ3n) is 4.02. The maximum atomic E-state index is 13.2. The highest BCUT2D eigenvalue weighted by atomic mass is 32.2. The van der Waals surface area contributed by atoms with Gasteiger partial charge in [-0.05, 0) is 42.5 Å². The van der Waals surface area contributed by atoms with E-state index in [0.717, 1.165) is 30.3 Å². The predicted octanol–water partition coefficient (Wildman–Crippen LogP) is 3.40. The van der Waals surface area contributed by atoms with Crippen molar-refractivity contribution < 1.29 is 36.2 Å². The number of rotatable bonds is 6. The number of alkyl halides is 3. The number of hydrogen-bond donors (Lipinski definition) is 2. The minimum atomic E-state index is -4.72. The number of halogens is 3. The van der Waals surface area contributed by atoms with Crippen molar-refractivity contribution in [1.29, 1.82) is 0 Å². The molecule has 0 aliphatic rings. The molecular weight excluding hydrogens is 427 g/mol. The molecule has 2 aromatic carbocycles. The van der Waals surface area contributed by atoms with Crippen LogP contribution >= 0.6 is 0 Å². The number of aromatic carboxylic acids is 1. The molecule has 0 aliphatic heterocycles. The molecule has 0 saturated carbocycles. The Morgan fingerprint density at radius 1 is 1.20 bits per heavy atom. The van der Waals surface area contributed by atoms with Crippen molar-refractivity contribution in [2.75, 3.05) is 11.8 Å². The SMILES string of the molecule is COc1ccc(C(=O)O)cc1S(=O)(=O)Nc1cc(C(F)(F)F)ccc1-n1cccn1. The summed E-state index contributed by atoms with van der Waals surface area (Å²) in [6.45, 7) is 0. The maximum absolute atomic E-state index is 13.2. The van der Waals surface area contributed by atoms with E-state index in [4.69, 9.17) is 9.84 Å². The van der Waals surface area contributed by atoms with Gasteiger partial charge in [-0.25, -0.2) is 17.9 Å². The summed E-state index contributed by atoms with van der Waals surface area (Å²) < 4.78 is 73.6. The predicted molar refractivity (Wildman–Crippen MR) is 99.3 cm³/mol. The molecule has 0 aliphatic carbocycles. The number of benzene rings is 2. The monoisotopic (exact) mass is 441 g/mol. The summed E-state index contributed by atoms with van der Waals surface area (Å²) >= 11 is 0. The second-order valence-corrected chi connectivity index (χ2v) is 7.61. The molecule has 3 aromatic rings. The number of nitrogens with one attached hydrogen (secondary N) is 1. The lowest BCUT2D eigenvalue weighted by Gasteiger charge is -2.17. The molecule has 158 valence electrons. The molecule has 3 rings (SSSR count). The Morgan fingerprint density at radius 3 is 2.50 bits per heavy atom. The van der Waals surface area contributed by atoms with Gasteiger partial charge in [0, 0.05) is 12.4 Å². The standard InChI is InChI=1S/C18H14F3N3O5S/c1-29-15-6-3-11(17(25)26)9-16(15)30(27,28)23-13-10-12(18(19,20)21)4-5-14(13)24-8-2-7-22-24/h2-10,23H,1H3,(H,25,26). The Labute approximate surface area is 168 Å². The Balaban J connectivity index is 2.15. The Morgan fingerprint density at radius 2 is 1.93 bits per heavy atom. The van der Waals surface area contributed by atoms with Crippen LogP contribution in [0.1, 0.15) is 15.9 Å². The molecule has 12 heteroatoms. The number of aromatic nitrogens is 2. The van der Waals surface area contributed by atoms with Crippen molar-refractivity contribution in [1.82, 2.24) is 9.78 Å². The molecule has 0 bridgehead atoms. The van der Waals surface area contributed by atoms with Crippen LogP contribution in [0.25, 0.3) is 5.69 Å². The molecular formula is C18H14F3N3O5S. The lowest BCUT2D eigenvalue weighted by molar-refractivity contribution is -0.137. The summed E-state index contributed by atoms with van der Waals surface area (Å²) in [6, 6.07) is 7.12. The number of ether oxygens (including phenoxy) is 1. The minimum Gasteiger partial charge on any atom is -0.495 e. The van der Waals surface area contributed by atoms with Crippen molar-refractivity contribution in [3.8, 4) is 11.4 Å². The normalized spacial score (nSPS) is 11.9. The van der Waals surface area contributed by atoms with Crippen LogP contribution in [0.3, 0.4) is 0 Å². The molecule has 0 fully saturated rings. The van der Waals surface area contributed by atoms with Crippen LogP contribution in [0.4, 0.5) is 18.9 Å². The molecule has 8 nitrogen and oxygen atoms in total. The molecule has 0 amide bonds. The Kier molecular flexibility index (Phi) is 5.44. The van der Waals surface area contributed by atoms with Gasteiger partial charge < -0.3 is 9.84 Å². The van der Waals surface area contributed by atoms with Gasteiger partial charge in [-0.3, -0.25) is 4.72 Å². The van der Waals surface area contributed by atoms with E-state index in [9.17, 15) is 26.4 Å². The number of methoxy groups -OCH3 is 1. The highest BCUT2D eigenvalue weighted by Crippen LogP contribution is 2.35. The van der Waals surface area contributed by atoms with Gasteiger partial charge in [-0.15, -0.1) is 0 Å². The van der Waals surface area contributed by atoms with E-state index in [2.05, 4.69) is 9.82 Å². The van der Waals surface area contributed by atoms with Crippen molar-refractivity contribution in [2.24, 2.45) is 0 Å². The van der Waals surface area contributed by atoms with E-state index >= 15 is 0 Å². The Bertz CT molecular complexity index is 1190. The van der Waals surface area contributed by atoms with Gasteiger partial charge in [0.05, 0.1) is 29.6 Å². The highest BCUT2D eigenvalue weighted by Gasteiger charge is 2.32. The zero-order valence-electron chi connectivity index (χ0n) is 15.2. The largest absolute Gasteiger partial charge is 0.495 e. The van der Waals surface area contributed by atoms with Gasteiger partial charge in [-0.2, -0.15) is 18.3 Å². The third kappa shape index (κ3) is 4.22. The van der Waals surface area contributed by atoms with Crippen LogP contribution in [0, 0.1) is 0 Å². The van der Waals surface area contributed by atoms with E-state index in [1.165, 1.54) is 30.3 Å². The highest BCUT2D eigenvalue weighted by molar-refractivity contribution is 7.92. The first-order chi connectivity index (χ1) is 14.0. The molecule has 1 heterocycles. The van der Waals surface area contributed by atoms with E-state index in [0.29, 0.717) is 6.07 Å². The van der Waals surface area contributed by atoms with E-state index in [1.54, 1.807) is 0 Å². The summed E-state index contributed by atoms with van der Waals surface area (Å²) in [7, 11) is -3.36. The number of anilines is 1. The second kappa shape index (κ2) is 7.71. The fraction of sp³-hybridized carbons (Fsp3) is 0.111. The second-order valence-electron chi connectivity index (χ2n) is 5.96. The number of carbonyl (C=O) groups is 1. The first-order valence-corrected chi connectivity index (χ1v) is 9.66. The van der Waals surface area contributed by atoms with E-state index in [1.807, 2.05) is 0 Å². The summed E-state index contributed by atoms with van der Waals surface area (Å²) in [6.07, 6.45) is -1.93. The molecule has 0 radical (unpaired) electrons. The summed E-state index contributed by atoms with van der Waals surface area (Å²) in [5.74, 6) is -1.56. The van der Waals surface area contributed by atoms with Crippen LogP contribution in [0.15, 0.2) is 59.8 Å². The number of sulfonamides is 1. The van der Waals surface area contributed by atoms with Crippen molar-refractivity contribution in [3.63, 3.8) is 0 Å². The number of carboxylic acids is 1. The molecule has 0 atom stereocenters. The Hall–Kier alpha value is -3.54. The fourth-order valence-electron chi connectivity index (χ4n) is 2.62. The van der Waals surface area contributed by atoms with E-state index < -0.39 is 38.3 Å². The molecule has 0 saturated heterocycles. The lowest BCUT2D eigenvalue weighted by Crippen LogP contribution is -2.17. The molecule has 0 spiro atoms. The summed E-state index contributed by atoms with van der Waals surface area (Å²) in [5.41, 5.74) is -1.80. The first kappa shape index (κ1) is 21.2. The molecule has 1 aromatic heterocycles. The van der Waals surface area contributed by atoms with Crippen LogP contribution in [-0.4, -0.2) is 36.4 Å². The van der Waals surface area contributed by atoms with Gasteiger partial charge in [0.15, 0.2) is 0 Å². The average molecular weight is 441 g/mol. The van der Waals surface area contributed by atoms with Crippen LogP contribution in [-0.2, 0) is 16.2 Å². The number of carboxylic acid groups (broad SMARTS) is 1. The number of hydrogen-bond acceptors (Lipinski definition) is 5. The fourth-order valence-corrected chi connectivity index (χ4v) is 3.89. The van der Waals surface area contributed by atoms with Crippen molar-refractivity contribution in [3.05, 3.63) is 66.0 Å². The lowest BCUT2D eigenvalue weighted by atomic mass is 10.1. The third-order valence-corrected chi connectivity index (χ3v) is 5.41. The molecule has 0 unspecified atom stereocenters.